The van der Waals surface area contributed by atoms with Gasteiger partial charge in [0.25, 0.3) is 11.5 Å². The van der Waals surface area contributed by atoms with E-state index in [1.54, 1.807) is 32.0 Å². The van der Waals surface area contributed by atoms with Gasteiger partial charge in [0.1, 0.15) is 5.56 Å². The smallest absolute Gasteiger partial charge is 0.338 e. The molecule has 0 spiro atoms. The van der Waals surface area contributed by atoms with Gasteiger partial charge in [-0.3, -0.25) is 9.59 Å². The van der Waals surface area contributed by atoms with Gasteiger partial charge in [0, 0.05) is 5.69 Å². The molecule has 108 valence electrons. The van der Waals surface area contributed by atoms with Gasteiger partial charge < -0.3 is 15.4 Å². The van der Waals surface area contributed by atoms with Crippen LogP contribution in [0.15, 0.2) is 35.1 Å². The number of pyridine rings is 1. The second kappa shape index (κ2) is 5.62. The van der Waals surface area contributed by atoms with Crippen molar-refractivity contribution < 1.29 is 14.7 Å². The van der Waals surface area contributed by atoms with Crippen molar-refractivity contribution in [3.05, 3.63) is 63.1 Å². The lowest BCUT2D eigenvalue weighted by molar-refractivity contribution is 0.0697. The molecule has 0 radical (unpaired) electrons. The lowest BCUT2D eigenvalue weighted by Crippen LogP contribution is -2.24. The van der Waals surface area contributed by atoms with Crippen LogP contribution in [0.1, 0.15) is 32.0 Å². The predicted molar refractivity (Wildman–Crippen MR) is 77.9 cm³/mol. The van der Waals surface area contributed by atoms with Gasteiger partial charge >= 0.3 is 5.97 Å². The molecule has 0 aliphatic rings. The first kappa shape index (κ1) is 14.5. The third-order valence-electron chi connectivity index (χ3n) is 3.03. The number of aromatic carboxylic acids is 1. The zero-order valence-electron chi connectivity index (χ0n) is 11.6. The van der Waals surface area contributed by atoms with Crippen LogP contribution in [0.25, 0.3) is 0 Å². The highest BCUT2D eigenvalue weighted by molar-refractivity contribution is 6.07. The van der Waals surface area contributed by atoms with Crippen molar-refractivity contribution in [1.82, 2.24) is 4.98 Å². The number of aromatic amines is 1. The fourth-order valence-electron chi connectivity index (χ4n) is 2.00. The van der Waals surface area contributed by atoms with Crippen LogP contribution < -0.4 is 10.9 Å². The first-order valence-corrected chi connectivity index (χ1v) is 6.24. The number of carbonyl (C=O) groups is 2. The highest BCUT2D eigenvalue weighted by Crippen LogP contribution is 2.20. The highest BCUT2D eigenvalue weighted by atomic mass is 16.4. The van der Waals surface area contributed by atoms with E-state index in [0.29, 0.717) is 11.3 Å². The number of H-pyrrole nitrogens is 1. The Bertz CT molecular complexity index is 777. The molecule has 1 aromatic heterocycles. The van der Waals surface area contributed by atoms with Gasteiger partial charge in [0.05, 0.1) is 11.3 Å². The van der Waals surface area contributed by atoms with Gasteiger partial charge in [-0.25, -0.2) is 4.79 Å². The van der Waals surface area contributed by atoms with Gasteiger partial charge in [0.2, 0.25) is 0 Å². The van der Waals surface area contributed by atoms with Crippen LogP contribution in [0.5, 0.6) is 0 Å². The monoisotopic (exact) mass is 286 g/mol. The summed E-state index contributed by atoms with van der Waals surface area (Å²) >= 11 is 0. The molecule has 0 fully saturated rings. The third-order valence-corrected chi connectivity index (χ3v) is 3.03. The maximum atomic E-state index is 12.1. The van der Waals surface area contributed by atoms with Gasteiger partial charge in [-0.05, 0) is 37.6 Å². The summed E-state index contributed by atoms with van der Waals surface area (Å²) in [5, 5.41) is 11.7. The van der Waals surface area contributed by atoms with E-state index in [2.05, 4.69) is 10.3 Å². The van der Waals surface area contributed by atoms with Crippen molar-refractivity contribution in [3.63, 3.8) is 0 Å². The predicted octanol–water partition coefficient (Wildman–Crippen LogP) is 1.94. The lowest BCUT2D eigenvalue weighted by atomic mass is 10.1. The number of rotatable bonds is 3. The number of carboxylic acids is 1. The molecule has 21 heavy (non-hydrogen) atoms. The Balaban J connectivity index is 2.39. The molecular formula is C15H14N2O4. The quantitative estimate of drug-likeness (QED) is 0.802. The fraction of sp³-hybridized carbons (Fsp3) is 0.133. The first-order valence-electron chi connectivity index (χ1n) is 6.24. The Morgan fingerprint density at radius 2 is 1.86 bits per heavy atom. The third kappa shape index (κ3) is 3.00. The topological polar surface area (TPSA) is 99.3 Å². The van der Waals surface area contributed by atoms with Gasteiger partial charge in [-0.15, -0.1) is 0 Å². The summed E-state index contributed by atoms with van der Waals surface area (Å²) in [4.78, 5) is 37.6. The van der Waals surface area contributed by atoms with Crippen molar-refractivity contribution in [2.45, 2.75) is 13.8 Å². The number of aryl methyl sites for hydroxylation is 2. The molecule has 0 saturated heterocycles. The summed E-state index contributed by atoms with van der Waals surface area (Å²) in [6.45, 7) is 3.34. The number of nitrogens with one attached hydrogen (secondary N) is 2. The molecule has 6 heteroatoms. The molecule has 0 atom stereocenters. The molecular weight excluding hydrogens is 272 g/mol. The molecule has 0 saturated carbocycles. The van der Waals surface area contributed by atoms with Crippen molar-refractivity contribution in [2.24, 2.45) is 0 Å². The minimum atomic E-state index is -1.14. The van der Waals surface area contributed by atoms with Gasteiger partial charge in [-0.2, -0.15) is 0 Å². The zero-order valence-corrected chi connectivity index (χ0v) is 11.6. The van der Waals surface area contributed by atoms with E-state index in [4.69, 9.17) is 0 Å². The lowest BCUT2D eigenvalue weighted by Gasteiger charge is -2.10. The Morgan fingerprint density at radius 1 is 1.14 bits per heavy atom. The second-order valence-electron chi connectivity index (χ2n) is 4.64. The molecule has 0 unspecified atom stereocenters. The number of aromatic nitrogens is 1. The minimum Gasteiger partial charge on any atom is -0.478 e. The van der Waals surface area contributed by atoms with Crippen LogP contribution in [-0.4, -0.2) is 22.0 Å². The van der Waals surface area contributed by atoms with Gasteiger partial charge in [-0.1, -0.05) is 12.1 Å². The van der Waals surface area contributed by atoms with Crippen LogP contribution in [0.4, 0.5) is 5.69 Å². The van der Waals surface area contributed by atoms with E-state index < -0.39 is 17.4 Å². The first-order chi connectivity index (χ1) is 9.90. The minimum absolute atomic E-state index is 0.00869. The second-order valence-corrected chi connectivity index (χ2v) is 4.64. The molecule has 6 nitrogen and oxygen atoms in total. The SMILES string of the molecule is Cc1ccc(C(=O)Nc2cccc(C)c2C(=O)O)c(=O)[nH]1. The van der Waals surface area contributed by atoms with E-state index in [1.165, 1.54) is 12.1 Å². The van der Waals surface area contributed by atoms with Crippen LogP contribution in [0.2, 0.25) is 0 Å². The van der Waals surface area contributed by atoms with E-state index in [9.17, 15) is 19.5 Å². The largest absolute Gasteiger partial charge is 0.478 e. The molecule has 1 aromatic carbocycles. The molecule has 1 heterocycles. The number of anilines is 1. The molecule has 0 aliphatic carbocycles. The van der Waals surface area contributed by atoms with E-state index in [0.717, 1.165) is 0 Å². The maximum absolute atomic E-state index is 12.1. The molecule has 3 N–H and O–H groups in total. The molecule has 2 aromatic rings. The maximum Gasteiger partial charge on any atom is 0.338 e. The Hall–Kier alpha value is -2.89. The number of hydrogen-bond donors (Lipinski definition) is 3. The summed E-state index contributed by atoms with van der Waals surface area (Å²) in [7, 11) is 0. The Kier molecular flexibility index (Phi) is 3.89. The standard InChI is InChI=1S/C15H14N2O4/c1-8-4-3-5-11(12(8)15(20)21)17-14(19)10-7-6-9(2)16-13(10)18/h3-7H,1-2H3,(H,16,18)(H,17,19)(H,20,21). The number of hydrogen-bond acceptors (Lipinski definition) is 3. The Labute approximate surface area is 120 Å². The van der Waals surface area contributed by atoms with Crippen molar-refractivity contribution in [2.75, 3.05) is 5.32 Å². The number of carboxylic acid groups (broad SMARTS) is 1. The summed E-state index contributed by atoms with van der Waals surface area (Å²) < 4.78 is 0. The number of carbonyl (C=O) groups excluding carboxylic acids is 1. The molecule has 0 aliphatic heterocycles. The average Bonchev–Trinajstić information content (AvgIpc) is 2.37. The fourth-order valence-corrected chi connectivity index (χ4v) is 2.00. The average molecular weight is 286 g/mol. The zero-order chi connectivity index (χ0) is 15.6. The van der Waals surface area contributed by atoms with Crippen molar-refractivity contribution >= 4 is 17.6 Å². The highest BCUT2D eigenvalue weighted by Gasteiger charge is 2.17. The Morgan fingerprint density at radius 3 is 2.48 bits per heavy atom. The van der Waals surface area contributed by atoms with Crippen LogP contribution in [0.3, 0.4) is 0 Å². The molecule has 1 amide bonds. The van der Waals surface area contributed by atoms with Crippen LogP contribution in [-0.2, 0) is 0 Å². The molecule has 0 bridgehead atoms. The summed E-state index contributed by atoms with van der Waals surface area (Å²) in [6.07, 6.45) is 0. The van der Waals surface area contributed by atoms with E-state index in [1.807, 2.05) is 0 Å². The van der Waals surface area contributed by atoms with E-state index >= 15 is 0 Å². The van der Waals surface area contributed by atoms with Crippen molar-refractivity contribution in [1.29, 1.82) is 0 Å². The van der Waals surface area contributed by atoms with Gasteiger partial charge in [0.15, 0.2) is 0 Å². The van der Waals surface area contributed by atoms with Crippen LogP contribution >= 0.6 is 0 Å². The molecule has 2 rings (SSSR count). The summed E-state index contributed by atoms with van der Waals surface area (Å²) in [5.41, 5.74) is 0.744. The number of benzene rings is 1. The summed E-state index contributed by atoms with van der Waals surface area (Å²) in [6, 6.07) is 7.76. The van der Waals surface area contributed by atoms with Crippen LogP contribution in [0, 0.1) is 13.8 Å². The van der Waals surface area contributed by atoms with Crippen molar-refractivity contribution in [3.8, 4) is 0 Å². The normalized spacial score (nSPS) is 10.2. The van der Waals surface area contributed by atoms with E-state index in [-0.39, 0.29) is 16.8 Å². The summed E-state index contributed by atoms with van der Waals surface area (Å²) in [5.74, 6) is -1.79. The number of amides is 1.